The number of carbonyl (C=O) groups is 3. The van der Waals surface area contributed by atoms with E-state index in [4.69, 9.17) is 0 Å². The number of urea groups is 1. The average molecular weight is 396 g/mol. The van der Waals surface area contributed by atoms with Crippen molar-refractivity contribution in [3.05, 3.63) is 48.0 Å². The van der Waals surface area contributed by atoms with Crippen LogP contribution in [0.3, 0.4) is 0 Å². The summed E-state index contributed by atoms with van der Waals surface area (Å²) in [5.74, 6) is -0.506. The van der Waals surface area contributed by atoms with Crippen LogP contribution in [-0.2, 0) is 16.0 Å². The van der Waals surface area contributed by atoms with Gasteiger partial charge in [-0.1, -0.05) is 42.5 Å². The topological polar surface area (TPSA) is 69.7 Å². The molecular formula is C23H29N3O3. The van der Waals surface area contributed by atoms with Crippen molar-refractivity contribution >= 4 is 17.8 Å². The normalized spacial score (nSPS) is 28.4. The van der Waals surface area contributed by atoms with Crippen LogP contribution >= 0.6 is 0 Å². The Balaban J connectivity index is 1.62. The van der Waals surface area contributed by atoms with E-state index in [1.165, 1.54) is 4.90 Å². The van der Waals surface area contributed by atoms with Crippen molar-refractivity contribution in [1.29, 1.82) is 0 Å². The lowest BCUT2D eigenvalue weighted by Gasteiger charge is -2.38. The average Bonchev–Trinajstić information content (AvgIpc) is 3.03. The zero-order valence-corrected chi connectivity index (χ0v) is 17.1. The first-order chi connectivity index (χ1) is 14.0. The van der Waals surface area contributed by atoms with Crippen LogP contribution in [0.2, 0.25) is 0 Å². The molecule has 6 nitrogen and oxygen atoms in total. The predicted molar refractivity (Wildman–Crippen MR) is 110 cm³/mol. The number of fused-ring (bicyclic) bond motifs is 1. The van der Waals surface area contributed by atoms with Gasteiger partial charge in [-0.25, -0.2) is 4.79 Å². The summed E-state index contributed by atoms with van der Waals surface area (Å²) in [5, 5.41) is 2.98. The number of carbonyl (C=O) groups excluding carboxylic acids is 3. The Bertz CT molecular complexity index is 786. The first kappa shape index (κ1) is 19.7. The minimum absolute atomic E-state index is 0.125. The Kier molecular flexibility index (Phi) is 5.43. The summed E-state index contributed by atoms with van der Waals surface area (Å²) in [6.07, 6.45) is 5.90. The van der Waals surface area contributed by atoms with Gasteiger partial charge in [-0.15, -0.1) is 0 Å². The van der Waals surface area contributed by atoms with E-state index < -0.39 is 6.17 Å². The third kappa shape index (κ3) is 3.45. The molecule has 154 valence electrons. The molecule has 1 saturated carbocycles. The van der Waals surface area contributed by atoms with E-state index in [0.29, 0.717) is 19.5 Å². The number of imide groups is 1. The zero-order valence-electron chi connectivity index (χ0n) is 17.1. The van der Waals surface area contributed by atoms with Crippen LogP contribution in [0.1, 0.15) is 32.3 Å². The van der Waals surface area contributed by atoms with Crippen LogP contribution in [0.5, 0.6) is 0 Å². The molecule has 6 heteroatoms. The van der Waals surface area contributed by atoms with E-state index in [9.17, 15) is 14.4 Å². The van der Waals surface area contributed by atoms with Gasteiger partial charge in [0.15, 0.2) is 0 Å². The molecule has 0 aromatic heterocycles. The predicted octanol–water partition coefficient (Wildman–Crippen LogP) is 2.80. The standard InChI is InChI=1S/C23H29N3O3/c1-3-25(4-2)23(29)24-18(14-15-8-6-5-7-9-15)26-21(27)19-16-10-11-17(13-12-16)20(19)22(26)28/h5-11,16-20H,3-4,12-14H2,1-2H3,(H,24,29)/t16-,17-,18-,19-,20-/m0/s1. The number of rotatable bonds is 6. The smallest absolute Gasteiger partial charge is 0.319 e. The van der Waals surface area contributed by atoms with Crippen molar-refractivity contribution in [3.63, 3.8) is 0 Å². The highest BCUT2D eigenvalue weighted by molar-refractivity contribution is 6.06. The molecule has 3 aliphatic carbocycles. The molecule has 1 saturated heterocycles. The van der Waals surface area contributed by atoms with Gasteiger partial charge in [-0.3, -0.25) is 14.5 Å². The van der Waals surface area contributed by atoms with Crippen molar-refractivity contribution < 1.29 is 14.4 Å². The maximum Gasteiger partial charge on any atom is 0.319 e. The second-order valence-corrected chi connectivity index (χ2v) is 8.22. The fourth-order valence-corrected chi connectivity index (χ4v) is 5.19. The van der Waals surface area contributed by atoms with E-state index in [2.05, 4.69) is 17.5 Å². The van der Waals surface area contributed by atoms with Crippen molar-refractivity contribution in [2.75, 3.05) is 13.1 Å². The van der Waals surface area contributed by atoms with E-state index in [1.807, 2.05) is 44.2 Å². The molecule has 1 aliphatic heterocycles. The Morgan fingerprint density at radius 1 is 1.03 bits per heavy atom. The molecule has 0 unspecified atom stereocenters. The highest BCUT2D eigenvalue weighted by atomic mass is 16.2. The lowest BCUT2D eigenvalue weighted by atomic mass is 9.63. The first-order valence-electron chi connectivity index (χ1n) is 10.7. The quantitative estimate of drug-likeness (QED) is 0.595. The van der Waals surface area contributed by atoms with Gasteiger partial charge in [0.25, 0.3) is 0 Å². The van der Waals surface area contributed by atoms with Gasteiger partial charge in [0.05, 0.1) is 11.8 Å². The lowest BCUT2D eigenvalue weighted by molar-refractivity contribution is -0.143. The fourth-order valence-electron chi connectivity index (χ4n) is 5.19. The number of nitrogens with one attached hydrogen (secondary N) is 1. The second-order valence-electron chi connectivity index (χ2n) is 8.22. The lowest BCUT2D eigenvalue weighted by Crippen LogP contribution is -2.55. The number of allylic oxidation sites excluding steroid dienone is 2. The molecule has 5 rings (SSSR count). The Hall–Kier alpha value is -2.63. The van der Waals surface area contributed by atoms with Crippen molar-refractivity contribution in [2.45, 2.75) is 39.3 Å². The summed E-state index contributed by atoms with van der Waals surface area (Å²) in [6.45, 7) is 4.97. The molecule has 4 amide bonds. The summed E-state index contributed by atoms with van der Waals surface area (Å²) in [4.78, 5) is 42.6. The number of benzene rings is 1. The minimum Gasteiger partial charge on any atom is -0.325 e. The molecule has 0 spiro atoms. The van der Waals surface area contributed by atoms with E-state index in [0.717, 1.165) is 18.4 Å². The summed E-state index contributed by atoms with van der Waals surface area (Å²) in [6, 6.07) is 9.45. The Labute approximate surface area is 171 Å². The molecule has 1 N–H and O–H groups in total. The molecule has 29 heavy (non-hydrogen) atoms. The third-order valence-electron chi connectivity index (χ3n) is 6.72. The molecule has 5 atom stereocenters. The number of amides is 4. The van der Waals surface area contributed by atoms with Crippen LogP contribution in [0, 0.1) is 23.7 Å². The van der Waals surface area contributed by atoms with Crippen LogP contribution in [-0.4, -0.2) is 46.9 Å². The van der Waals surface area contributed by atoms with Crippen LogP contribution in [0.15, 0.2) is 42.5 Å². The largest absolute Gasteiger partial charge is 0.325 e. The Morgan fingerprint density at radius 2 is 1.59 bits per heavy atom. The zero-order chi connectivity index (χ0) is 20.5. The van der Waals surface area contributed by atoms with Crippen LogP contribution < -0.4 is 5.32 Å². The highest BCUT2D eigenvalue weighted by Gasteiger charge is 2.58. The number of hydrogen-bond donors (Lipinski definition) is 1. The summed E-state index contributed by atoms with van der Waals surface area (Å²) in [5.41, 5.74) is 0.980. The van der Waals surface area contributed by atoms with Crippen molar-refractivity contribution in [2.24, 2.45) is 23.7 Å². The monoisotopic (exact) mass is 395 g/mol. The van der Waals surface area contributed by atoms with Crippen molar-refractivity contribution in [1.82, 2.24) is 15.1 Å². The van der Waals surface area contributed by atoms with Gasteiger partial charge in [0.1, 0.15) is 6.17 Å². The van der Waals surface area contributed by atoms with Gasteiger partial charge in [0, 0.05) is 19.5 Å². The minimum atomic E-state index is -0.671. The second kappa shape index (κ2) is 8.01. The van der Waals surface area contributed by atoms with E-state index >= 15 is 0 Å². The van der Waals surface area contributed by atoms with Gasteiger partial charge in [-0.2, -0.15) is 0 Å². The molecule has 1 heterocycles. The fraction of sp³-hybridized carbons (Fsp3) is 0.522. The SMILES string of the molecule is CCN(CC)C(=O)N[C@H](Cc1ccccc1)N1C(=O)[C@@H]2[C@@H](C1=O)[C@H]1C=C[C@H]2CC1. The number of nitrogens with zero attached hydrogens (tertiary/aromatic N) is 2. The van der Waals surface area contributed by atoms with E-state index in [1.54, 1.807) is 4.90 Å². The highest BCUT2D eigenvalue weighted by Crippen LogP contribution is 2.49. The van der Waals surface area contributed by atoms with Gasteiger partial charge < -0.3 is 10.2 Å². The van der Waals surface area contributed by atoms with E-state index in [-0.39, 0.29) is 41.5 Å². The maximum absolute atomic E-state index is 13.4. The molecule has 0 radical (unpaired) electrons. The maximum atomic E-state index is 13.4. The summed E-state index contributed by atoms with van der Waals surface area (Å²) in [7, 11) is 0. The van der Waals surface area contributed by atoms with Crippen LogP contribution in [0.25, 0.3) is 0 Å². The van der Waals surface area contributed by atoms with Gasteiger partial charge in [0.2, 0.25) is 11.8 Å². The number of hydrogen-bond acceptors (Lipinski definition) is 3. The molecule has 2 bridgehead atoms. The molecule has 2 fully saturated rings. The van der Waals surface area contributed by atoms with Crippen molar-refractivity contribution in [3.8, 4) is 0 Å². The molecule has 1 aromatic rings. The third-order valence-corrected chi connectivity index (χ3v) is 6.72. The molecule has 4 aliphatic rings. The van der Waals surface area contributed by atoms with Gasteiger partial charge in [-0.05, 0) is 44.1 Å². The summed E-state index contributed by atoms with van der Waals surface area (Å²) >= 11 is 0. The molecule has 1 aromatic carbocycles. The van der Waals surface area contributed by atoms with Crippen LogP contribution in [0.4, 0.5) is 4.79 Å². The summed E-state index contributed by atoms with van der Waals surface area (Å²) < 4.78 is 0. The Morgan fingerprint density at radius 3 is 2.07 bits per heavy atom. The van der Waals surface area contributed by atoms with Gasteiger partial charge >= 0.3 is 6.03 Å². The number of likely N-dealkylation sites (tertiary alicyclic amines) is 1. The molecular weight excluding hydrogens is 366 g/mol. The first-order valence-corrected chi connectivity index (χ1v) is 10.7.